The van der Waals surface area contributed by atoms with Crippen molar-refractivity contribution in [2.45, 2.75) is 27.7 Å². The molecule has 0 saturated heterocycles. The molecule has 2 aromatic heterocycles. The van der Waals surface area contributed by atoms with E-state index in [1.807, 2.05) is 20.8 Å². The zero-order valence-electron chi connectivity index (χ0n) is 18.1. The predicted octanol–water partition coefficient (Wildman–Crippen LogP) is 7.02. The monoisotopic (exact) mass is 460 g/mol. The van der Waals surface area contributed by atoms with Gasteiger partial charge in [0.05, 0.1) is 0 Å². The molecular weight excluding hydrogens is 437 g/mol. The summed E-state index contributed by atoms with van der Waals surface area (Å²) in [6.07, 6.45) is 1.69. The molecule has 0 bridgehead atoms. The molecule has 2 aromatic carbocycles. The number of pyridine rings is 1. The van der Waals surface area contributed by atoms with Gasteiger partial charge in [-0.25, -0.2) is 13.2 Å². The lowest BCUT2D eigenvalue weighted by Gasteiger charge is -2.15. The Morgan fingerprint density at radius 3 is 2.44 bits per heavy atom. The van der Waals surface area contributed by atoms with Crippen LogP contribution in [0.1, 0.15) is 26.6 Å². The van der Waals surface area contributed by atoms with Crippen molar-refractivity contribution in [2.75, 3.05) is 10.5 Å². The van der Waals surface area contributed by atoms with Gasteiger partial charge in [0.2, 0.25) is 0 Å². The Balaban J connectivity index is 0.00000141. The average molecular weight is 461 g/mol. The van der Waals surface area contributed by atoms with Crippen molar-refractivity contribution >= 4 is 23.3 Å². The number of anilines is 1. The van der Waals surface area contributed by atoms with Gasteiger partial charge in [-0.05, 0) is 43.3 Å². The quantitative estimate of drug-likeness (QED) is 0.313. The number of ether oxygens (including phenoxy) is 1. The molecular formula is C23H23F3N4OS. The molecule has 0 aliphatic heterocycles. The molecule has 0 saturated carbocycles. The Hall–Kier alpha value is -3.20. The summed E-state index contributed by atoms with van der Waals surface area (Å²) >= 11 is 1.50. The van der Waals surface area contributed by atoms with E-state index in [9.17, 15) is 13.2 Å². The Morgan fingerprint density at radius 2 is 1.72 bits per heavy atom. The fraction of sp³-hybridized carbons (Fsp3) is 0.217. The van der Waals surface area contributed by atoms with Crippen molar-refractivity contribution in [1.29, 1.82) is 0 Å². The largest absolute Gasteiger partial charge is 0.454 e. The summed E-state index contributed by atoms with van der Waals surface area (Å²) in [4.78, 5) is 0. The second kappa shape index (κ2) is 10.4. The van der Waals surface area contributed by atoms with E-state index in [0.717, 1.165) is 23.6 Å². The van der Waals surface area contributed by atoms with Gasteiger partial charge in [0.25, 0.3) is 0 Å². The van der Waals surface area contributed by atoms with Crippen LogP contribution >= 0.6 is 11.9 Å². The van der Waals surface area contributed by atoms with E-state index in [-0.39, 0.29) is 17.1 Å². The number of nitrogens with one attached hydrogen (secondary N) is 1. The molecule has 0 aliphatic carbocycles. The molecule has 5 nitrogen and oxygen atoms in total. The third-order valence-electron chi connectivity index (χ3n) is 4.37. The number of hydrogen-bond donors (Lipinski definition) is 1. The Morgan fingerprint density at radius 1 is 0.969 bits per heavy atom. The van der Waals surface area contributed by atoms with Gasteiger partial charge >= 0.3 is 0 Å². The molecule has 168 valence electrons. The summed E-state index contributed by atoms with van der Waals surface area (Å²) in [6.45, 7) is 7.72. The Bertz CT molecular complexity index is 1230. The number of hydrogen-bond acceptors (Lipinski definition) is 5. The van der Waals surface area contributed by atoms with Crippen molar-refractivity contribution in [2.24, 2.45) is 0 Å². The van der Waals surface area contributed by atoms with E-state index in [1.54, 1.807) is 31.3 Å². The van der Waals surface area contributed by atoms with E-state index < -0.39 is 17.5 Å². The van der Waals surface area contributed by atoms with Crippen LogP contribution in [0.25, 0.3) is 16.8 Å². The topological polar surface area (TPSA) is 51.5 Å². The van der Waals surface area contributed by atoms with Gasteiger partial charge in [0, 0.05) is 34.8 Å². The van der Waals surface area contributed by atoms with E-state index in [2.05, 4.69) is 14.9 Å². The van der Waals surface area contributed by atoms with Gasteiger partial charge in [-0.2, -0.15) is 0 Å². The van der Waals surface area contributed by atoms with Crippen LogP contribution in [0, 0.1) is 24.4 Å². The lowest BCUT2D eigenvalue weighted by atomic mass is 10.1. The van der Waals surface area contributed by atoms with Crippen LogP contribution < -0.4 is 9.46 Å². The Kier molecular flexibility index (Phi) is 7.63. The van der Waals surface area contributed by atoms with Gasteiger partial charge in [-0.15, -0.1) is 10.2 Å². The highest BCUT2D eigenvalue weighted by atomic mass is 32.2. The van der Waals surface area contributed by atoms with Crippen molar-refractivity contribution in [3.63, 3.8) is 0 Å². The number of fused-ring (bicyclic) bond motifs is 1. The molecule has 0 aliphatic rings. The fourth-order valence-corrected chi connectivity index (χ4v) is 3.39. The van der Waals surface area contributed by atoms with E-state index >= 15 is 0 Å². The summed E-state index contributed by atoms with van der Waals surface area (Å²) in [6, 6.07) is 9.58. The predicted molar refractivity (Wildman–Crippen MR) is 123 cm³/mol. The van der Waals surface area contributed by atoms with Gasteiger partial charge in [-0.1, -0.05) is 32.7 Å². The minimum absolute atomic E-state index is 0.110. The summed E-state index contributed by atoms with van der Waals surface area (Å²) in [5.41, 5.74) is 1.89. The normalized spacial score (nSPS) is 10.6. The molecule has 0 atom stereocenters. The maximum atomic E-state index is 14.6. The zero-order chi connectivity index (χ0) is 23.3. The van der Waals surface area contributed by atoms with Crippen LogP contribution in [0.4, 0.5) is 18.9 Å². The van der Waals surface area contributed by atoms with Crippen LogP contribution in [-0.4, -0.2) is 20.4 Å². The minimum Gasteiger partial charge on any atom is -0.454 e. The van der Waals surface area contributed by atoms with Crippen molar-refractivity contribution in [1.82, 2.24) is 14.6 Å². The molecule has 0 fully saturated rings. The van der Waals surface area contributed by atoms with E-state index in [0.29, 0.717) is 17.0 Å². The summed E-state index contributed by atoms with van der Waals surface area (Å²) in [5, 5.41) is 7.73. The number of benzene rings is 2. The molecule has 4 aromatic rings. The van der Waals surface area contributed by atoms with Gasteiger partial charge < -0.3 is 9.46 Å². The maximum Gasteiger partial charge on any atom is 0.196 e. The molecule has 4 rings (SSSR count). The second-order valence-corrected chi connectivity index (χ2v) is 7.51. The first-order valence-corrected chi connectivity index (χ1v) is 11.1. The van der Waals surface area contributed by atoms with Gasteiger partial charge in [-0.3, -0.25) is 4.40 Å². The molecule has 0 unspecified atom stereocenters. The first kappa shape index (κ1) is 23.5. The zero-order valence-corrected chi connectivity index (χ0v) is 18.9. The number of nitrogens with zero attached hydrogens (tertiary/aromatic N) is 3. The number of aryl methyl sites for hydroxylation is 1. The summed E-state index contributed by atoms with van der Waals surface area (Å²) < 4.78 is 52.5. The lowest BCUT2D eigenvalue weighted by molar-refractivity contribution is 0.439. The maximum absolute atomic E-state index is 14.6. The average Bonchev–Trinajstić information content (AvgIpc) is 3.17. The fourth-order valence-electron chi connectivity index (χ4n) is 2.95. The van der Waals surface area contributed by atoms with Crippen LogP contribution in [0.3, 0.4) is 0 Å². The number of halogens is 3. The number of rotatable bonds is 6. The SMILES string of the molecule is CC.CCSNc1ccc(Oc2ccc(F)cc2F)c(-c2cc(F)c3nnc(C)n3c2)c1. The first-order valence-electron chi connectivity index (χ1n) is 10.1. The highest BCUT2D eigenvalue weighted by Gasteiger charge is 2.16. The highest BCUT2D eigenvalue weighted by Crippen LogP contribution is 2.37. The molecule has 32 heavy (non-hydrogen) atoms. The molecule has 1 N–H and O–H groups in total. The molecule has 9 heteroatoms. The molecule has 0 amide bonds. The smallest absolute Gasteiger partial charge is 0.196 e. The summed E-state index contributed by atoms with van der Waals surface area (Å²) in [7, 11) is 0. The Labute approximate surface area is 188 Å². The van der Waals surface area contributed by atoms with Crippen molar-refractivity contribution in [3.05, 3.63) is 71.9 Å². The second-order valence-electron chi connectivity index (χ2n) is 6.44. The molecule has 0 spiro atoms. The van der Waals surface area contributed by atoms with Crippen LogP contribution in [0.5, 0.6) is 11.5 Å². The minimum atomic E-state index is -0.832. The number of aromatic nitrogens is 3. The standard InChI is InChI=1S/C21H17F3N4OS.C2H6/c1-3-30-27-15-5-7-19(29-20-6-4-14(22)9-17(20)23)16(10-15)13-8-18(24)21-26-25-12(2)28(21)11-13;1-2/h4-11,27H,3H2,1-2H3;1-2H3. The third kappa shape index (κ3) is 4.99. The van der Waals surface area contributed by atoms with E-state index in [1.165, 1.54) is 28.5 Å². The lowest BCUT2D eigenvalue weighted by Crippen LogP contribution is -1.97. The van der Waals surface area contributed by atoms with Crippen LogP contribution in [0.2, 0.25) is 0 Å². The highest BCUT2D eigenvalue weighted by molar-refractivity contribution is 8.00. The van der Waals surface area contributed by atoms with Gasteiger partial charge in [0.15, 0.2) is 23.0 Å². The van der Waals surface area contributed by atoms with Crippen molar-refractivity contribution in [3.8, 4) is 22.6 Å². The van der Waals surface area contributed by atoms with Crippen molar-refractivity contribution < 1.29 is 17.9 Å². The third-order valence-corrected chi connectivity index (χ3v) is 5.04. The first-order chi connectivity index (χ1) is 15.5. The van der Waals surface area contributed by atoms with Gasteiger partial charge in [0.1, 0.15) is 17.4 Å². The summed E-state index contributed by atoms with van der Waals surface area (Å²) in [5.74, 6) is -0.565. The molecule has 0 radical (unpaired) electrons. The van der Waals surface area contributed by atoms with E-state index in [4.69, 9.17) is 4.74 Å². The van der Waals surface area contributed by atoms with Crippen LogP contribution in [0.15, 0.2) is 48.7 Å². The molecule has 2 heterocycles. The van der Waals surface area contributed by atoms with Crippen LogP contribution in [-0.2, 0) is 0 Å².